The zero-order valence-corrected chi connectivity index (χ0v) is 9.68. The van der Waals surface area contributed by atoms with Crippen LogP contribution in [0.15, 0.2) is 41.2 Å². The van der Waals surface area contributed by atoms with Crippen LogP contribution in [0.3, 0.4) is 0 Å². The van der Waals surface area contributed by atoms with Crippen molar-refractivity contribution in [1.29, 1.82) is 0 Å². The van der Waals surface area contributed by atoms with E-state index in [9.17, 15) is 4.79 Å². The van der Waals surface area contributed by atoms with E-state index in [-0.39, 0.29) is 5.56 Å². The van der Waals surface area contributed by atoms with Crippen LogP contribution in [-0.4, -0.2) is 9.36 Å². The summed E-state index contributed by atoms with van der Waals surface area (Å²) in [4.78, 5) is 11.8. The fraction of sp³-hybridized carbons (Fsp3) is 0.308. The maximum absolute atomic E-state index is 11.8. The van der Waals surface area contributed by atoms with Crippen LogP contribution < -0.4 is 5.56 Å². The SMILES string of the molecule is CCc1cc(=O)n(CC)n1-c1ccccc1. The van der Waals surface area contributed by atoms with E-state index in [0.717, 1.165) is 17.8 Å². The van der Waals surface area contributed by atoms with Gasteiger partial charge in [0.15, 0.2) is 0 Å². The van der Waals surface area contributed by atoms with Crippen molar-refractivity contribution >= 4 is 0 Å². The van der Waals surface area contributed by atoms with Gasteiger partial charge < -0.3 is 0 Å². The Labute approximate surface area is 94.9 Å². The highest BCUT2D eigenvalue weighted by Gasteiger charge is 2.09. The van der Waals surface area contributed by atoms with Crippen molar-refractivity contribution in [2.75, 3.05) is 0 Å². The predicted octanol–water partition coefficient (Wildman–Crippen LogP) is 2.22. The fourth-order valence-corrected chi connectivity index (χ4v) is 1.96. The summed E-state index contributed by atoms with van der Waals surface area (Å²) in [6.45, 7) is 4.74. The lowest BCUT2D eigenvalue weighted by atomic mass is 10.3. The summed E-state index contributed by atoms with van der Waals surface area (Å²) in [7, 11) is 0. The quantitative estimate of drug-likeness (QED) is 0.772. The van der Waals surface area contributed by atoms with Crippen molar-refractivity contribution in [3.63, 3.8) is 0 Å². The van der Waals surface area contributed by atoms with Crippen LogP contribution in [-0.2, 0) is 13.0 Å². The summed E-state index contributed by atoms with van der Waals surface area (Å²) >= 11 is 0. The maximum Gasteiger partial charge on any atom is 0.267 e. The third kappa shape index (κ3) is 1.69. The van der Waals surface area contributed by atoms with Gasteiger partial charge in [0.25, 0.3) is 5.56 Å². The molecule has 0 spiro atoms. The summed E-state index contributed by atoms with van der Waals surface area (Å²) in [6.07, 6.45) is 0.858. The molecule has 0 bridgehead atoms. The molecule has 0 radical (unpaired) electrons. The molecule has 0 fully saturated rings. The molecule has 0 saturated heterocycles. The topological polar surface area (TPSA) is 26.9 Å². The average molecular weight is 216 g/mol. The number of rotatable bonds is 3. The summed E-state index contributed by atoms with van der Waals surface area (Å²) in [5.74, 6) is 0. The van der Waals surface area contributed by atoms with Crippen LogP contribution in [0, 0.1) is 0 Å². The second-order valence-corrected chi connectivity index (χ2v) is 3.69. The molecule has 2 aromatic rings. The number of benzene rings is 1. The van der Waals surface area contributed by atoms with Gasteiger partial charge in [-0.2, -0.15) is 0 Å². The minimum Gasteiger partial charge on any atom is -0.268 e. The van der Waals surface area contributed by atoms with Gasteiger partial charge in [0, 0.05) is 18.3 Å². The summed E-state index contributed by atoms with van der Waals surface area (Å²) in [6, 6.07) is 11.7. The lowest BCUT2D eigenvalue weighted by Gasteiger charge is -2.12. The standard InChI is InChI=1S/C13H16N2O/c1-3-11-10-13(16)14(4-2)15(11)12-8-6-5-7-9-12/h5-10H,3-4H2,1-2H3. The van der Waals surface area contributed by atoms with E-state index in [1.54, 1.807) is 10.7 Å². The van der Waals surface area contributed by atoms with Crippen molar-refractivity contribution in [2.45, 2.75) is 26.8 Å². The number of para-hydroxylation sites is 1. The monoisotopic (exact) mass is 216 g/mol. The summed E-state index contributed by atoms with van der Waals surface area (Å²) in [5, 5.41) is 0. The third-order valence-corrected chi connectivity index (χ3v) is 2.72. The number of nitrogens with zero attached hydrogens (tertiary/aromatic N) is 2. The molecule has 1 heterocycles. The first kappa shape index (κ1) is 10.7. The molecule has 0 atom stereocenters. The molecule has 0 aliphatic carbocycles. The lowest BCUT2D eigenvalue weighted by molar-refractivity contribution is 0.553. The van der Waals surface area contributed by atoms with Crippen LogP contribution in [0.2, 0.25) is 0 Å². The smallest absolute Gasteiger partial charge is 0.267 e. The normalized spacial score (nSPS) is 10.6. The Morgan fingerprint density at radius 1 is 1.12 bits per heavy atom. The molecule has 0 N–H and O–H groups in total. The van der Waals surface area contributed by atoms with Crippen molar-refractivity contribution < 1.29 is 0 Å². The Bertz CT molecular complexity index is 523. The second kappa shape index (κ2) is 4.39. The highest BCUT2D eigenvalue weighted by atomic mass is 16.1. The predicted molar refractivity (Wildman–Crippen MR) is 65.1 cm³/mol. The van der Waals surface area contributed by atoms with Gasteiger partial charge in [-0.3, -0.25) is 9.48 Å². The van der Waals surface area contributed by atoms with Gasteiger partial charge in [0.1, 0.15) is 0 Å². The molecule has 0 amide bonds. The van der Waals surface area contributed by atoms with Crippen molar-refractivity contribution in [1.82, 2.24) is 9.36 Å². The van der Waals surface area contributed by atoms with Gasteiger partial charge in [-0.25, -0.2) is 4.68 Å². The molecule has 1 aromatic carbocycles. The van der Waals surface area contributed by atoms with Gasteiger partial charge in [-0.15, -0.1) is 0 Å². The van der Waals surface area contributed by atoms with Crippen molar-refractivity contribution in [3.8, 4) is 5.69 Å². The maximum atomic E-state index is 11.8. The van der Waals surface area contributed by atoms with E-state index in [2.05, 4.69) is 6.92 Å². The van der Waals surface area contributed by atoms with Crippen LogP contribution in [0.4, 0.5) is 0 Å². The van der Waals surface area contributed by atoms with Crippen LogP contribution in [0.25, 0.3) is 5.69 Å². The van der Waals surface area contributed by atoms with Crippen LogP contribution in [0.5, 0.6) is 0 Å². The Kier molecular flexibility index (Phi) is 2.95. The molecule has 0 saturated carbocycles. The number of aromatic nitrogens is 2. The molecule has 0 aliphatic heterocycles. The highest BCUT2D eigenvalue weighted by Crippen LogP contribution is 2.10. The van der Waals surface area contributed by atoms with Crippen molar-refractivity contribution in [3.05, 3.63) is 52.4 Å². The summed E-state index contributed by atoms with van der Waals surface area (Å²) in [5.41, 5.74) is 2.17. The van der Waals surface area contributed by atoms with Gasteiger partial charge in [0.05, 0.1) is 5.69 Å². The minimum atomic E-state index is 0.0724. The highest BCUT2D eigenvalue weighted by molar-refractivity contribution is 5.32. The molecule has 3 nitrogen and oxygen atoms in total. The first-order valence-electron chi connectivity index (χ1n) is 5.65. The number of hydrogen-bond donors (Lipinski definition) is 0. The molecular formula is C13H16N2O. The van der Waals surface area contributed by atoms with E-state index in [4.69, 9.17) is 0 Å². The molecule has 0 unspecified atom stereocenters. The number of hydrogen-bond acceptors (Lipinski definition) is 1. The van der Waals surface area contributed by atoms with E-state index in [1.807, 2.05) is 41.9 Å². The third-order valence-electron chi connectivity index (χ3n) is 2.72. The fourth-order valence-electron chi connectivity index (χ4n) is 1.96. The first-order chi connectivity index (χ1) is 7.77. The molecular weight excluding hydrogens is 200 g/mol. The average Bonchev–Trinajstić information content (AvgIpc) is 2.66. The Morgan fingerprint density at radius 2 is 1.81 bits per heavy atom. The lowest BCUT2D eigenvalue weighted by Crippen LogP contribution is -2.21. The largest absolute Gasteiger partial charge is 0.268 e. The first-order valence-corrected chi connectivity index (χ1v) is 5.65. The number of aryl methyl sites for hydroxylation is 1. The zero-order valence-electron chi connectivity index (χ0n) is 9.68. The summed E-state index contributed by atoms with van der Waals surface area (Å²) < 4.78 is 3.76. The van der Waals surface area contributed by atoms with E-state index in [0.29, 0.717) is 6.54 Å². The van der Waals surface area contributed by atoms with Gasteiger partial charge in [-0.05, 0) is 25.5 Å². The Balaban J connectivity index is 2.67. The van der Waals surface area contributed by atoms with Gasteiger partial charge in [0.2, 0.25) is 0 Å². The minimum absolute atomic E-state index is 0.0724. The zero-order chi connectivity index (χ0) is 11.5. The molecule has 0 aliphatic rings. The second-order valence-electron chi connectivity index (χ2n) is 3.69. The molecule has 1 aromatic heterocycles. The van der Waals surface area contributed by atoms with Crippen LogP contribution in [0.1, 0.15) is 19.5 Å². The molecule has 3 heteroatoms. The molecule has 16 heavy (non-hydrogen) atoms. The Hall–Kier alpha value is -1.77. The van der Waals surface area contributed by atoms with Gasteiger partial charge >= 0.3 is 0 Å². The Morgan fingerprint density at radius 3 is 2.38 bits per heavy atom. The van der Waals surface area contributed by atoms with E-state index < -0.39 is 0 Å². The van der Waals surface area contributed by atoms with Crippen LogP contribution >= 0.6 is 0 Å². The van der Waals surface area contributed by atoms with E-state index in [1.165, 1.54) is 0 Å². The molecule has 84 valence electrons. The van der Waals surface area contributed by atoms with Crippen molar-refractivity contribution in [2.24, 2.45) is 0 Å². The molecule has 2 rings (SSSR count). The van der Waals surface area contributed by atoms with E-state index >= 15 is 0 Å². The van der Waals surface area contributed by atoms with Gasteiger partial charge in [-0.1, -0.05) is 25.1 Å².